The second-order valence-corrected chi connectivity index (χ2v) is 5.38. The van der Waals surface area contributed by atoms with Gasteiger partial charge in [-0.1, -0.05) is 25.1 Å². The number of rotatable bonds is 3. The molecule has 0 spiro atoms. The van der Waals surface area contributed by atoms with E-state index in [1.807, 2.05) is 19.1 Å². The van der Waals surface area contributed by atoms with Gasteiger partial charge >= 0.3 is 0 Å². The van der Waals surface area contributed by atoms with Crippen LogP contribution in [0.25, 0.3) is 0 Å². The number of carbonyl (C=O) groups is 3. The zero-order chi connectivity index (χ0) is 16.6. The van der Waals surface area contributed by atoms with E-state index in [0.29, 0.717) is 16.9 Å². The summed E-state index contributed by atoms with van der Waals surface area (Å²) in [7, 11) is 0. The van der Waals surface area contributed by atoms with Crippen LogP contribution in [0.3, 0.4) is 0 Å². The Morgan fingerprint density at radius 1 is 1.04 bits per heavy atom. The Kier molecular flexibility index (Phi) is 3.70. The third kappa shape index (κ3) is 2.50. The van der Waals surface area contributed by atoms with Crippen LogP contribution in [0, 0.1) is 0 Å². The van der Waals surface area contributed by atoms with Gasteiger partial charge in [-0.15, -0.1) is 0 Å². The quantitative estimate of drug-likeness (QED) is 0.886. The van der Waals surface area contributed by atoms with Gasteiger partial charge in [0.25, 0.3) is 11.8 Å². The first-order valence-electron chi connectivity index (χ1n) is 7.41. The molecule has 1 heterocycles. The van der Waals surface area contributed by atoms with Gasteiger partial charge in [0, 0.05) is 6.92 Å². The lowest BCUT2D eigenvalue weighted by molar-refractivity contribution is -0.114. The highest BCUT2D eigenvalue weighted by atomic mass is 16.2. The molecule has 1 aliphatic heterocycles. The second kappa shape index (κ2) is 5.68. The average molecular weight is 308 g/mol. The summed E-state index contributed by atoms with van der Waals surface area (Å²) in [6.45, 7) is 3.40. The van der Waals surface area contributed by atoms with E-state index in [2.05, 4.69) is 5.32 Å². The maximum absolute atomic E-state index is 12.7. The van der Waals surface area contributed by atoms with Crippen molar-refractivity contribution in [1.29, 1.82) is 0 Å². The van der Waals surface area contributed by atoms with Crippen molar-refractivity contribution in [2.45, 2.75) is 20.3 Å². The summed E-state index contributed by atoms with van der Waals surface area (Å²) in [5.74, 6) is -1.08. The molecule has 2 aromatic carbocycles. The summed E-state index contributed by atoms with van der Waals surface area (Å²) in [5.41, 5.74) is 2.57. The number of nitrogens with zero attached hydrogens (tertiary/aromatic N) is 1. The highest BCUT2D eigenvalue weighted by Gasteiger charge is 2.38. The lowest BCUT2D eigenvalue weighted by Gasteiger charge is -2.14. The molecule has 0 fully saturated rings. The SMILES string of the molecule is CCc1ccc(N2C(=O)c3cccc(NC(C)=O)c3C2=O)cc1. The van der Waals surface area contributed by atoms with Gasteiger partial charge in [0.2, 0.25) is 5.91 Å². The van der Waals surface area contributed by atoms with Gasteiger partial charge in [-0.25, -0.2) is 4.90 Å². The molecule has 5 heteroatoms. The highest BCUT2D eigenvalue weighted by molar-refractivity contribution is 6.36. The molecule has 0 saturated heterocycles. The molecule has 0 aromatic heterocycles. The van der Waals surface area contributed by atoms with Crippen molar-refractivity contribution in [1.82, 2.24) is 0 Å². The molecule has 0 aliphatic carbocycles. The fraction of sp³-hybridized carbons (Fsp3) is 0.167. The van der Waals surface area contributed by atoms with Gasteiger partial charge < -0.3 is 5.32 Å². The molecular formula is C18H16N2O3. The number of benzene rings is 2. The first-order valence-corrected chi connectivity index (χ1v) is 7.41. The van der Waals surface area contributed by atoms with Crippen molar-refractivity contribution in [2.24, 2.45) is 0 Å². The van der Waals surface area contributed by atoms with Crippen molar-refractivity contribution in [3.05, 3.63) is 59.2 Å². The van der Waals surface area contributed by atoms with Crippen molar-refractivity contribution >= 4 is 29.1 Å². The van der Waals surface area contributed by atoms with E-state index >= 15 is 0 Å². The zero-order valence-electron chi connectivity index (χ0n) is 12.9. The van der Waals surface area contributed by atoms with Gasteiger partial charge in [0.15, 0.2) is 0 Å². The normalized spacial score (nSPS) is 13.2. The number of imide groups is 1. The monoisotopic (exact) mass is 308 g/mol. The van der Waals surface area contributed by atoms with Crippen molar-refractivity contribution < 1.29 is 14.4 Å². The van der Waals surface area contributed by atoms with Gasteiger partial charge in [-0.3, -0.25) is 14.4 Å². The minimum atomic E-state index is -0.418. The van der Waals surface area contributed by atoms with E-state index in [-0.39, 0.29) is 17.4 Å². The third-order valence-electron chi connectivity index (χ3n) is 3.83. The predicted octanol–water partition coefficient (Wildman–Crippen LogP) is 3.01. The molecule has 3 rings (SSSR count). The van der Waals surface area contributed by atoms with Crippen LogP contribution in [-0.4, -0.2) is 17.7 Å². The first kappa shape index (κ1) is 15.0. The topological polar surface area (TPSA) is 66.5 Å². The van der Waals surface area contributed by atoms with Crippen molar-refractivity contribution in [3.63, 3.8) is 0 Å². The molecule has 0 bridgehead atoms. The van der Waals surface area contributed by atoms with Crippen LogP contribution < -0.4 is 10.2 Å². The van der Waals surface area contributed by atoms with Gasteiger partial charge in [-0.2, -0.15) is 0 Å². The fourth-order valence-corrected chi connectivity index (χ4v) is 2.69. The van der Waals surface area contributed by atoms with Crippen LogP contribution in [0.5, 0.6) is 0 Å². The third-order valence-corrected chi connectivity index (χ3v) is 3.83. The Morgan fingerprint density at radius 2 is 1.74 bits per heavy atom. The number of anilines is 2. The average Bonchev–Trinajstić information content (AvgIpc) is 2.79. The Balaban J connectivity index is 2.04. The van der Waals surface area contributed by atoms with E-state index in [0.717, 1.165) is 16.9 Å². The largest absolute Gasteiger partial charge is 0.326 e. The minimum absolute atomic E-state index is 0.243. The molecule has 1 N–H and O–H groups in total. The lowest BCUT2D eigenvalue weighted by atomic mass is 10.1. The molecular weight excluding hydrogens is 292 g/mol. The number of amides is 3. The summed E-state index contributed by atoms with van der Waals surface area (Å²) < 4.78 is 0. The molecule has 0 unspecified atom stereocenters. The maximum Gasteiger partial charge on any atom is 0.268 e. The maximum atomic E-state index is 12.7. The Bertz CT molecular complexity index is 810. The Morgan fingerprint density at radius 3 is 2.35 bits per heavy atom. The molecule has 0 saturated carbocycles. The van der Waals surface area contributed by atoms with Crippen LogP contribution in [0.4, 0.5) is 11.4 Å². The molecule has 0 atom stereocenters. The van der Waals surface area contributed by atoms with Crippen molar-refractivity contribution in [2.75, 3.05) is 10.2 Å². The number of hydrogen-bond donors (Lipinski definition) is 1. The van der Waals surface area contributed by atoms with Gasteiger partial charge in [-0.05, 0) is 36.2 Å². The summed E-state index contributed by atoms with van der Waals surface area (Å²) in [5, 5.41) is 2.61. The summed E-state index contributed by atoms with van der Waals surface area (Å²) in [6.07, 6.45) is 0.884. The number of carbonyl (C=O) groups excluding carboxylic acids is 3. The number of nitrogens with one attached hydrogen (secondary N) is 1. The number of aryl methyl sites for hydroxylation is 1. The summed E-state index contributed by atoms with van der Waals surface area (Å²) in [6, 6.07) is 12.2. The van der Waals surface area contributed by atoms with Crippen molar-refractivity contribution in [3.8, 4) is 0 Å². The van der Waals surface area contributed by atoms with E-state index in [1.54, 1.807) is 30.3 Å². The Hall–Kier alpha value is -2.95. The molecule has 0 radical (unpaired) electrons. The molecule has 3 amide bonds. The van der Waals surface area contributed by atoms with Crippen LogP contribution in [0.1, 0.15) is 40.1 Å². The summed E-state index contributed by atoms with van der Waals surface area (Å²) >= 11 is 0. The summed E-state index contributed by atoms with van der Waals surface area (Å²) in [4.78, 5) is 37.8. The van der Waals surface area contributed by atoms with E-state index < -0.39 is 5.91 Å². The van der Waals surface area contributed by atoms with E-state index in [4.69, 9.17) is 0 Å². The number of hydrogen-bond acceptors (Lipinski definition) is 3. The molecule has 1 aliphatic rings. The standard InChI is InChI=1S/C18H16N2O3/c1-3-12-7-9-13(10-8-12)20-17(22)14-5-4-6-15(19-11(2)21)16(14)18(20)23/h4-10H,3H2,1-2H3,(H,19,21). The fourth-order valence-electron chi connectivity index (χ4n) is 2.69. The minimum Gasteiger partial charge on any atom is -0.326 e. The Labute approximate surface area is 133 Å². The van der Waals surface area contributed by atoms with Crippen LogP contribution in [0.2, 0.25) is 0 Å². The first-order chi connectivity index (χ1) is 11.0. The second-order valence-electron chi connectivity index (χ2n) is 5.38. The molecule has 2 aromatic rings. The van der Waals surface area contributed by atoms with Crippen LogP contribution in [0.15, 0.2) is 42.5 Å². The molecule has 116 valence electrons. The smallest absolute Gasteiger partial charge is 0.268 e. The van der Waals surface area contributed by atoms with E-state index in [9.17, 15) is 14.4 Å². The van der Waals surface area contributed by atoms with Crippen LogP contribution in [-0.2, 0) is 11.2 Å². The highest BCUT2D eigenvalue weighted by Crippen LogP contribution is 2.33. The van der Waals surface area contributed by atoms with Crippen LogP contribution >= 0.6 is 0 Å². The molecule has 5 nitrogen and oxygen atoms in total. The van der Waals surface area contributed by atoms with E-state index in [1.165, 1.54) is 6.92 Å². The van der Waals surface area contributed by atoms with Gasteiger partial charge in [0.05, 0.1) is 22.5 Å². The predicted molar refractivity (Wildman–Crippen MR) is 87.7 cm³/mol. The van der Waals surface area contributed by atoms with Gasteiger partial charge in [0.1, 0.15) is 0 Å². The molecule has 23 heavy (non-hydrogen) atoms. The number of fused-ring (bicyclic) bond motifs is 1. The zero-order valence-corrected chi connectivity index (χ0v) is 12.9. The lowest BCUT2D eigenvalue weighted by Crippen LogP contribution is -2.29.